The monoisotopic (exact) mass is 298 g/mol. The van der Waals surface area contributed by atoms with Crippen LogP contribution in [0, 0.1) is 0 Å². The molecule has 0 spiro atoms. The second-order valence-electron chi connectivity index (χ2n) is 5.81. The largest absolute Gasteiger partial charge is 0.481 e. The number of hydrogen-bond donors (Lipinski definition) is 3. The molecular formula is C17H18N2O3. The highest BCUT2D eigenvalue weighted by molar-refractivity contribution is 5.94. The Morgan fingerprint density at radius 1 is 1.14 bits per heavy atom. The number of hydrogen-bond acceptors (Lipinski definition) is 2. The summed E-state index contributed by atoms with van der Waals surface area (Å²) >= 11 is 0. The number of aromatic amines is 1. The van der Waals surface area contributed by atoms with E-state index in [0.717, 1.165) is 30.5 Å². The van der Waals surface area contributed by atoms with Gasteiger partial charge in [-0.1, -0.05) is 30.3 Å². The Bertz CT molecular complexity index is 687. The van der Waals surface area contributed by atoms with Crippen LogP contribution < -0.4 is 5.32 Å². The van der Waals surface area contributed by atoms with Crippen molar-refractivity contribution in [3.05, 3.63) is 48.2 Å². The third-order valence-electron chi connectivity index (χ3n) is 4.19. The topological polar surface area (TPSA) is 82.2 Å². The molecule has 22 heavy (non-hydrogen) atoms. The van der Waals surface area contributed by atoms with Crippen LogP contribution in [0.4, 0.5) is 0 Å². The van der Waals surface area contributed by atoms with Crippen LogP contribution in [0.3, 0.4) is 0 Å². The van der Waals surface area contributed by atoms with E-state index in [9.17, 15) is 9.59 Å². The third kappa shape index (κ3) is 2.88. The predicted molar refractivity (Wildman–Crippen MR) is 82.5 cm³/mol. The van der Waals surface area contributed by atoms with Gasteiger partial charge in [0.05, 0.1) is 12.0 Å². The molecule has 3 N–H and O–H groups in total. The summed E-state index contributed by atoms with van der Waals surface area (Å²) in [6.07, 6.45) is 2.37. The molecule has 114 valence electrons. The van der Waals surface area contributed by atoms with Gasteiger partial charge in [0.25, 0.3) is 5.91 Å². The van der Waals surface area contributed by atoms with Crippen molar-refractivity contribution in [2.24, 2.45) is 0 Å². The number of nitrogens with one attached hydrogen (secondary N) is 2. The summed E-state index contributed by atoms with van der Waals surface area (Å²) < 4.78 is 0. The molecule has 1 aromatic carbocycles. The van der Waals surface area contributed by atoms with Crippen molar-refractivity contribution in [3.8, 4) is 11.3 Å². The zero-order chi connectivity index (χ0) is 15.6. The highest BCUT2D eigenvalue weighted by Gasteiger charge is 2.40. The van der Waals surface area contributed by atoms with Gasteiger partial charge in [-0.3, -0.25) is 9.59 Å². The fourth-order valence-corrected chi connectivity index (χ4v) is 2.86. The van der Waals surface area contributed by atoms with Gasteiger partial charge in [0.2, 0.25) is 0 Å². The van der Waals surface area contributed by atoms with E-state index in [-0.39, 0.29) is 12.3 Å². The van der Waals surface area contributed by atoms with E-state index in [2.05, 4.69) is 10.3 Å². The van der Waals surface area contributed by atoms with Gasteiger partial charge in [-0.25, -0.2) is 0 Å². The van der Waals surface area contributed by atoms with Gasteiger partial charge in [0, 0.05) is 5.69 Å². The maximum atomic E-state index is 12.3. The van der Waals surface area contributed by atoms with E-state index in [1.54, 1.807) is 6.07 Å². The number of aliphatic carboxylic acids is 1. The second-order valence-corrected chi connectivity index (χ2v) is 5.81. The van der Waals surface area contributed by atoms with E-state index in [1.165, 1.54) is 0 Å². The number of H-pyrrole nitrogens is 1. The normalized spacial score (nSPS) is 15.8. The number of carbonyl (C=O) groups is 2. The van der Waals surface area contributed by atoms with Gasteiger partial charge in [0.15, 0.2) is 0 Å². The first kappa shape index (κ1) is 14.4. The summed E-state index contributed by atoms with van der Waals surface area (Å²) in [5, 5.41) is 11.9. The Morgan fingerprint density at radius 2 is 1.86 bits per heavy atom. The molecule has 1 heterocycles. The first-order chi connectivity index (χ1) is 10.6. The molecule has 0 aliphatic heterocycles. The summed E-state index contributed by atoms with van der Waals surface area (Å²) in [6, 6.07) is 13.3. The minimum absolute atomic E-state index is 0.0228. The molecule has 1 fully saturated rings. The fourth-order valence-electron chi connectivity index (χ4n) is 2.86. The zero-order valence-electron chi connectivity index (χ0n) is 12.1. The Labute approximate surface area is 128 Å². The molecule has 0 saturated heterocycles. The molecule has 5 heteroatoms. The minimum Gasteiger partial charge on any atom is -0.481 e. The van der Waals surface area contributed by atoms with Crippen LogP contribution in [0.15, 0.2) is 42.5 Å². The van der Waals surface area contributed by atoms with Crippen LogP contribution in [-0.2, 0) is 4.79 Å². The lowest BCUT2D eigenvalue weighted by Gasteiger charge is -2.41. The Kier molecular flexibility index (Phi) is 3.71. The van der Waals surface area contributed by atoms with Gasteiger partial charge in [-0.2, -0.15) is 0 Å². The summed E-state index contributed by atoms with van der Waals surface area (Å²) in [5.41, 5.74) is 1.74. The standard InChI is InChI=1S/C17H18N2O3/c20-15(21)11-17(9-4-10-17)19-16(22)14-8-7-13(18-14)12-5-2-1-3-6-12/h1-3,5-8,18H,4,9-11H2,(H,19,22)(H,20,21). The van der Waals surface area contributed by atoms with Crippen molar-refractivity contribution in [2.75, 3.05) is 0 Å². The average Bonchev–Trinajstić information content (AvgIpc) is 2.95. The van der Waals surface area contributed by atoms with Gasteiger partial charge >= 0.3 is 5.97 Å². The predicted octanol–water partition coefficient (Wildman–Crippen LogP) is 2.81. The molecule has 0 bridgehead atoms. The Morgan fingerprint density at radius 3 is 2.45 bits per heavy atom. The number of carboxylic acid groups (broad SMARTS) is 1. The van der Waals surface area contributed by atoms with E-state index < -0.39 is 11.5 Å². The molecule has 1 aliphatic rings. The van der Waals surface area contributed by atoms with Crippen LogP contribution >= 0.6 is 0 Å². The molecular weight excluding hydrogens is 280 g/mol. The quantitative estimate of drug-likeness (QED) is 0.793. The lowest BCUT2D eigenvalue weighted by atomic mass is 9.74. The molecule has 3 rings (SSSR count). The van der Waals surface area contributed by atoms with Gasteiger partial charge in [0.1, 0.15) is 5.69 Å². The van der Waals surface area contributed by atoms with Gasteiger partial charge in [-0.15, -0.1) is 0 Å². The highest BCUT2D eigenvalue weighted by atomic mass is 16.4. The maximum Gasteiger partial charge on any atom is 0.305 e. The Balaban J connectivity index is 1.73. The van der Waals surface area contributed by atoms with Crippen molar-refractivity contribution in [1.29, 1.82) is 0 Å². The lowest BCUT2D eigenvalue weighted by molar-refractivity contribution is -0.139. The van der Waals surface area contributed by atoms with Crippen LogP contribution in [0.25, 0.3) is 11.3 Å². The molecule has 1 saturated carbocycles. The number of carboxylic acids is 1. The number of aromatic nitrogens is 1. The second kappa shape index (κ2) is 5.67. The lowest BCUT2D eigenvalue weighted by Crippen LogP contribution is -2.54. The average molecular weight is 298 g/mol. The number of amides is 1. The highest BCUT2D eigenvalue weighted by Crippen LogP contribution is 2.35. The minimum atomic E-state index is -0.878. The van der Waals surface area contributed by atoms with Crippen LogP contribution in [0.2, 0.25) is 0 Å². The Hall–Kier alpha value is -2.56. The fraction of sp³-hybridized carbons (Fsp3) is 0.294. The summed E-state index contributed by atoms with van der Waals surface area (Å²) in [7, 11) is 0. The molecule has 0 atom stereocenters. The van der Waals surface area contributed by atoms with E-state index in [1.807, 2.05) is 36.4 Å². The van der Waals surface area contributed by atoms with Crippen molar-refractivity contribution in [3.63, 3.8) is 0 Å². The SMILES string of the molecule is O=C(O)CC1(NC(=O)c2ccc(-c3ccccc3)[nH]2)CCC1. The van der Waals surface area contributed by atoms with Crippen molar-refractivity contribution in [2.45, 2.75) is 31.2 Å². The number of benzene rings is 1. The first-order valence-electron chi connectivity index (χ1n) is 7.37. The van der Waals surface area contributed by atoms with Crippen LogP contribution in [0.1, 0.15) is 36.2 Å². The van der Waals surface area contributed by atoms with Crippen LogP contribution in [-0.4, -0.2) is 27.5 Å². The molecule has 1 aliphatic carbocycles. The molecule has 2 aromatic rings. The smallest absolute Gasteiger partial charge is 0.305 e. The molecule has 0 unspecified atom stereocenters. The summed E-state index contributed by atoms with van der Waals surface area (Å²) in [6.45, 7) is 0. The summed E-state index contributed by atoms with van der Waals surface area (Å²) in [4.78, 5) is 26.4. The zero-order valence-corrected chi connectivity index (χ0v) is 12.1. The van der Waals surface area contributed by atoms with Crippen LogP contribution in [0.5, 0.6) is 0 Å². The van der Waals surface area contributed by atoms with Crippen molar-refractivity contribution >= 4 is 11.9 Å². The van der Waals surface area contributed by atoms with E-state index in [4.69, 9.17) is 5.11 Å². The first-order valence-corrected chi connectivity index (χ1v) is 7.37. The van der Waals surface area contributed by atoms with Gasteiger partial charge < -0.3 is 15.4 Å². The molecule has 5 nitrogen and oxygen atoms in total. The van der Waals surface area contributed by atoms with Crippen molar-refractivity contribution in [1.82, 2.24) is 10.3 Å². The third-order valence-corrected chi connectivity index (χ3v) is 4.19. The van der Waals surface area contributed by atoms with E-state index >= 15 is 0 Å². The summed E-state index contributed by atoms with van der Waals surface area (Å²) in [5.74, 6) is -1.13. The van der Waals surface area contributed by atoms with Crippen molar-refractivity contribution < 1.29 is 14.7 Å². The molecule has 1 amide bonds. The van der Waals surface area contributed by atoms with Gasteiger partial charge in [-0.05, 0) is 37.0 Å². The molecule has 0 radical (unpaired) electrons. The molecule has 1 aromatic heterocycles. The number of carbonyl (C=O) groups excluding carboxylic acids is 1. The van der Waals surface area contributed by atoms with E-state index in [0.29, 0.717) is 5.69 Å². The number of rotatable bonds is 5. The maximum absolute atomic E-state index is 12.3.